The molecule has 120 valence electrons. The summed E-state index contributed by atoms with van der Waals surface area (Å²) in [5.41, 5.74) is 1.40. The Bertz CT molecular complexity index is 718. The minimum absolute atomic E-state index is 0.0910. The lowest BCUT2D eigenvalue weighted by molar-refractivity contribution is -0.383. The van der Waals surface area contributed by atoms with Crippen LogP contribution < -0.4 is 10.6 Å². The molecular weight excluding hydrogens is 298 g/mol. The van der Waals surface area contributed by atoms with Crippen LogP contribution >= 0.6 is 0 Å². The van der Waals surface area contributed by atoms with Gasteiger partial charge in [-0.1, -0.05) is 24.3 Å². The maximum atomic E-state index is 12.2. The Morgan fingerprint density at radius 3 is 2.70 bits per heavy atom. The first-order chi connectivity index (χ1) is 11.0. The summed E-state index contributed by atoms with van der Waals surface area (Å²) in [7, 11) is 0. The summed E-state index contributed by atoms with van der Waals surface area (Å²) in [5.74, 6) is -0.395. The van der Waals surface area contributed by atoms with Crippen molar-refractivity contribution in [3.63, 3.8) is 0 Å². The normalized spacial score (nSPS) is 11.6. The molecule has 0 spiro atoms. The molecule has 0 heterocycles. The number of aliphatic hydroxyl groups is 1. The van der Waals surface area contributed by atoms with Crippen LogP contribution in [0.3, 0.4) is 0 Å². The number of nitro groups is 1. The second-order valence-corrected chi connectivity index (χ2v) is 4.99. The van der Waals surface area contributed by atoms with Gasteiger partial charge in [-0.25, -0.2) is 0 Å². The average Bonchev–Trinajstić information content (AvgIpc) is 2.55. The minimum atomic E-state index is -0.608. The Hall–Kier alpha value is -2.93. The van der Waals surface area contributed by atoms with Gasteiger partial charge in [0.15, 0.2) is 0 Å². The Balaban J connectivity index is 2.07. The molecule has 3 N–H and O–H groups in total. The van der Waals surface area contributed by atoms with E-state index in [1.54, 1.807) is 37.3 Å². The number of para-hydroxylation sites is 2. The quantitative estimate of drug-likeness (QED) is 0.561. The van der Waals surface area contributed by atoms with Crippen molar-refractivity contribution < 1.29 is 14.8 Å². The van der Waals surface area contributed by atoms with Crippen molar-refractivity contribution in [2.45, 2.75) is 19.6 Å². The molecule has 0 fully saturated rings. The second kappa shape index (κ2) is 7.37. The number of nitro benzene ring substituents is 1. The molecule has 23 heavy (non-hydrogen) atoms. The molecule has 2 rings (SSSR count). The fourth-order valence-electron chi connectivity index (χ4n) is 2.05. The lowest BCUT2D eigenvalue weighted by Crippen LogP contribution is -2.32. The third-order valence-corrected chi connectivity index (χ3v) is 3.24. The number of nitrogens with one attached hydrogen (secondary N) is 2. The number of hydrogen-bond acceptors (Lipinski definition) is 5. The van der Waals surface area contributed by atoms with E-state index in [1.165, 1.54) is 18.2 Å². The molecule has 1 atom stereocenters. The molecular formula is C16H17N3O4. The Kier molecular flexibility index (Phi) is 5.27. The highest BCUT2D eigenvalue weighted by Gasteiger charge is 2.18. The van der Waals surface area contributed by atoms with Crippen molar-refractivity contribution in [1.82, 2.24) is 0 Å². The Morgan fingerprint density at radius 1 is 1.26 bits per heavy atom. The van der Waals surface area contributed by atoms with Gasteiger partial charge in [0.2, 0.25) is 5.91 Å². The van der Waals surface area contributed by atoms with Crippen LogP contribution in [0.4, 0.5) is 17.1 Å². The highest BCUT2D eigenvalue weighted by Crippen LogP contribution is 2.23. The van der Waals surface area contributed by atoms with Crippen molar-refractivity contribution in [3.05, 3.63) is 64.2 Å². The van der Waals surface area contributed by atoms with E-state index < -0.39 is 16.9 Å². The van der Waals surface area contributed by atoms with Gasteiger partial charge in [-0.3, -0.25) is 14.9 Å². The van der Waals surface area contributed by atoms with Gasteiger partial charge in [-0.2, -0.15) is 0 Å². The number of carbonyl (C=O) groups excluding carboxylic acids is 1. The molecule has 0 aliphatic rings. The third-order valence-electron chi connectivity index (χ3n) is 3.24. The van der Waals surface area contributed by atoms with Gasteiger partial charge in [0.25, 0.3) is 5.69 Å². The number of carbonyl (C=O) groups is 1. The second-order valence-electron chi connectivity index (χ2n) is 4.99. The number of anilines is 2. The van der Waals surface area contributed by atoms with E-state index in [1.807, 2.05) is 0 Å². The summed E-state index contributed by atoms with van der Waals surface area (Å²) in [6.07, 6.45) is 0. The zero-order valence-corrected chi connectivity index (χ0v) is 12.5. The molecule has 2 aromatic carbocycles. The van der Waals surface area contributed by atoms with Crippen LogP contribution in [0.15, 0.2) is 48.5 Å². The average molecular weight is 315 g/mol. The highest BCUT2D eigenvalue weighted by molar-refractivity contribution is 5.97. The first-order valence-electron chi connectivity index (χ1n) is 7.02. The lowest BCUT2D eigenvalue weighted by Gasteiger charge is -2.15. The van der Waals surface area contributed by atoms with Crippen LogP contribution in [0.1, 0.15) is 12.5 Å². The van der Waals surface area contributed by atoms with Crippen molar-refractivity contribution in [3.8, 4) is 0 Å². The molecule has 7 heteroatoms. The molecule has 1 unspecified atom stereocenters. The lowest BCUT2D eigenvalue weighted by atomic mass is 10.2. The van der Waals surface area contributed by atoms with Crippen molar-refractivity contribution in [1.29, 1.82) is 0 Å². The van der Waals surface area contributed by atoms with Gasteiger partial charge >= 0.3 is 0 Å². The van der Waals surface area contributed by atoms with E-state index in [2.05, 4.69) is 10.6 Å². The molecule has 0 bridgehead atoms. The summed E-state index contributed by atoms with van der Waals surface area (Å²) in [5, 5.41) is 25.6. The number of benzene rings is 2. The first kappa shape index (κ1) is 16.4. The van der Waals surface area contributed by atoms with E-state index in [9.17, 15) is 14.9 Å². The van der Waals surface area contributed by atoms with Gasteiger partial charge in [-0.05, 0) is 30.7 Å². The topological polar surface area (TPSA) is 104 Å². The summed E-state index contributed by atoms with van der Waals surface area (Å²) >= 11 is 0. The predicted octanol–water partition coefficient (Wildman–Crippen LogP) is 2.53. The van der Waals surface area contributed by atoms with E-state index in [0.717, 1.165) is 5.56 Å². The molecule has 7 nitrogen and oxygen atoms in total. The Labute approximate surface area is 133 Å². The van der Waals surface area contributed by atoms with E-state index in [-0.39, 0.29) is 18.0 Å². The van der Waals surface area contributed by atoms with Crippen LogP contribution in [0.5, 0.6) is 0 Å². The van der Waals surface area contributed by atoms with Gasteiger partial charge in [0.05, 0.1) is 11.5 Å². The number of rotatable bonds is 6. The molecule has 0 saturated heterocycles. The third kappa shape index (κ3) is 4.27. The number of amides is 1. The van der Waals surface area contributed by atoms with Gasteiger partial charge in [0, 0.05) is 11.8 Å². The summed E-state index contributed by atoms with van der Waals surface area (Å²) in [6.45, 7) is 1.56. The number of aliphatic hydroxyl groups excluding tert-OH is 1. The fraction of sp³-hybridized carbons (Fsp3) is 0.188. The van der Waals surface area contributed by atoms with Crippen LogP contribution in [-0.2, 0) is 11.4 Å². The first-order valence-corrected chi connectivity index (χ1v) is 7.02. The highest BCUT2D eigenvalue weighted by atomic mass is 16.6. The molecule has 2 aromatic rings. The van der Waals surface area contributed by atoms with Gasteiger partial charge in [0.1, 0.15) is 11.7 Å². The van der Waals surface area contributed by atoms with Crippen molar-refractivity contribution in [2.75, 3.05) is 10.6 Å². The van der Waals surface area contributed by atoms with E-state index in [4.69, 9.17) is 5.11 Å². The smallest absolute Gasteiger partial charge is 0.292 e. The number of hydrogen-bond donors (Lipinski definition) is 3. The monoisotopic (exact) mass is 315 g/mol. The predicted molar refractivity (Wildman–Crippen MR) is 87.2 cm³/mol. The van der Waals surface area contributed by atoms with Crippen molar-refractivity contribution >= 4 is 23.0 Å². The van der Waals surface area contributed by atoms with Crippen molar-refractivity contribution in [2.24, 2.45) is 0 Å². The molecule has 1 amide bonds. The SMILES string of the molecule is CC(Nc1cccc(CO)c1)C(=O)Nc1ccccc1[N+](=O)[O-]. The molecule has 0 aliphatic heterocycles. The molecule has 0 saturated carbocycles. The van der Waals surface area contributed by atoms with E-state index >= 15 is 0 Å². The van der Waals surface area contributed by atoms with Crippen LogP contribution in [0.25, 0.3) is 0 Å². The maximum Gasteiger partial charge on any atom is 0.292 e. The van der Waals surface area contributed by atoms with Gasteiger partial charge in [-0.15, -0.1) is 0 Å². The molecule has 0 aliphatic carbocycles. The number of nitrogens with zero attached hydrogens (tertiary/aromatic N) is 1. The molecule has 0 aromatic heterocycles. The van der Waals surface area contributed by atoms with Crippen LogP contribution in [0, 0.1) is 10.1 Å². The largest absolute Gasteiger partial charge is 0.392 e. The van der Waals surface area contributed by atoms with Crippen LogP contribution in [-0.4, -0.2) is 22.0 Å². The zero-order chi connectivity index (χ0) is 16.8. The summed E-state index contributed by atoms with van der Waals surface area (Å²) in [4.78, 5) is 22.6. The molecule has 0 radical (unpaired) electrons. The Morgan fingerprint density at radius 2 is 2.00 bits per heavy atom. The standard InChI is InChI=1S/C16H17N3O4/c1-11(17-13-6-4-5-12(9-13)10-20)16(21)18-14-7-2-3-8-15(14)19(22)23/h2-9,11,17,20H,10H2,1H3,(H,18,21). The summed E-state index contributed by atoms with van der Waals surface area (Å²) < 4.78 is 0. The maximum absolute atomic E-state index is 12.2. The zero-order valence-electron chi connectivity index (χ0n) is 12.5. The summed E-state index contributed by atoms with van der Waals surface area (Å²) in [6, 6.07) is 12.4. The van der Waals surface area contributed by atoms with Gasteiger partial charge < -0.3 is 15.7 Å². The van der Waals surface area contributed by atoms with Crippen LogP contribution in [0.2, 0.25) is 0 Å². The van der Waals surface area contributed by atoms with E-state index in [0.29, 0.717) is 5.69 Å². The minimum Gasteiger partial charge on any atom is -0.392 e. The fourth-order valence-corrected chi connectivity index (χ4v) is 2.05.